The van der Waals surface area contributed by atoms with Gasteiger partial charge in [-0.25, -0.2) is 9.59 Å². The van der Waals surface area contributed by atoms with Crippen LogP contribution in [0, 0.1) is 5.92 Å². The summed E-state index contributed by atoms with van der Waals surface area (Å²) in [5, 5.41) is 5.01. The first-order valence-corrected chi connectivity index (χ1v) is 9.00. The maximum atomic E-state index is 12.1. The number of carbonyl (C=O) groups is 3. The number of imide groups is 1. The van der Waals surface area contributed by atoms with Crippen molar-refractivity contribution in [2.45, 2.75) is 45.6 Å². The van der Waals surface area contributed by atoms with Gasteiger partial charge in [-0.2, -0.15) is 0 Å². The number of amides is 3. The fourth-order valence-corrected chi connectivity index (χ4v) is 3.02. The summed E-state index contributed by atoms with van der Waals surface area (Å²) in [6.07, 6.45) is 4.21. The summed E-state index contributed by atoms with van der Waals surface area (Å²) in [7, 11) is 0. The highest BCUT2D eigenvalue weighted by Gasteiger charge is 2.23. The third kappa shape index (κ3) is 5.75. The molecular weight excluding hydrogens is 336 g/mol. The molecule has 0 aromatic heterocycles. The van der Waals surface area contributed by atoms with Gasteiger partial charge in [-0.3, -0.25) is 10.1 Å². The van der Waals surface area contributed by atoms with E-state index in [0.717, 1.165) is 19.3 Å². The van der Waals surface area contributed by atoms with Crippen molar-refractivity contribution in [2.24, 2.45) is 5.92 Å². The highest BCUT2D eigenvalue weighted by atomic mass is 16.5. The number of benzene rings is 1. The molecule has 2 atom stereocenters. The molecule has 3 amide bonds. The van der Waals surface area contributed by atoms with Gasteiger partial charge in [0.05, 0.1) is 6.61 Å². The van der Waals surface area contributed by atoms with E-state index in [9.17, 15) is 14.4 Å². The number of para-hydroxylation sites is 1. The molecule has 2 rings (SSSR count). The lowest BCUT2D eigenvalue weighted by Gasteiger charge is -2.29. The molecule has 0 bridgehead atoms. The Morgan fingerprint density at radius 2 is 1.88 bits per heavy atom. The van der Waals surface area contributed by atoms with Crippen LogP contribution in [-0.4, -0.2) is 37.2 Å². The minimum Gasteiger partial charge on any atom is -0.493 e. The van der Waals surface area contributed by atoms with Gasteiger partial charge >= 0.3 is 12.0 Å². The van der Waals surface area contributed by atoms with E-state index in [1.165, 1.54) is 6.42 Å². The number of carbonyl (C=O) groups excluding carboxylic acids is 3. The van der Waals surface area contributed by atoms with Crippen LogP contribution in [0.5, 0.6) is 5.75 Å². The van der Waals surface area contributed by atoms with Gasteiger partial charge in [0.25, 0.3) is 5.91 Å². The smallest absolute Gasteiger partial charge is 0.342 e. The molecule has 1 fully saturated rings. The maximum absolute atomic E-state index is 12.1. The number of esters is 1. The Morgan fingerprint density at radius 3 is 2.62 bits per heavy atom. The van der Waals surface area contributed by atoms with Gasteiger partial charge in [0.1, 0.15) is 11.3 Å². The van der Waals surface area contributed by atoms with Crippen molar-refractivity contribution in [3.05, 3.63) is 29.8 Å². The minimum absolute atomic E-state index is 0.0668. The van der Waals surface area contributed by atoms with Crippen molar-refractivity contribution in [3.63, 3.8) is 0 Å². The Labute approximate surface area is 153 Å². The number of hydrogen-bond donors (Lipinski definition) is 2. The quantitative estimate of drug-likeness (QED) is 0.759. The third-order valence-corrected chi connectivity index (χ3v) is 4.42. The summed E-state index contributed by atoms with van der Waals surface area (Å²) in [4.78, 5) is 35.9. The molecule has 1 aromatic carbocycles. The van der Waals surface area contributed by atoms with Crippen molar-refractivity contribution in [2.75, 3.05) is 13.2 Å². The zero-order chi connectivity index (χ0) is 18.9. The molecule has 0 radical (unpaired) electrons. The van der Waals surface area contributed by atoms with Crippen molar-refractivity contribution in [1.29, 1.82) is 0 Å². The standard InChI is InChI=1S/C19H26N2O5/c1-3-25-16-11-7-5-9-14(16)18(23)26-12-17(22)21-19(24)20-15-10-6-4-8-13(15)2/h5,7,9,11,13,15H,3-4,6,8,10,12H2,1-2H3,(H2,20,21,22,24)/t13-,15+/m0/s1. The van der Waals surface area contributed by atoms with Crippen LogP contribution in [0.3, 0.4) is 0 Å². The molecule has 1 aliphatic rings. The molecule has 0 unspecified atom stereocenters. The van der Waals surface area contributed by atoms with E-state index in [4.69, 9.17) is 9.47 Å². The van der Waals surface area contributed by atoms with Gasteiger partial charge < -0.3 is 14.8 Å². The second-order valence-electron chi connectivity index (χ2n) is 6.40. The number of urea groups is 1. The van der Waals surface area contributed by atoms with E-state index in [2.05, 4.69) is 17.6 Å². The summed E-state index contributed by atoms with van der Waals surface area (Å²) in [6.45, 7) is 3.77. The SMILES string of the molecule is CCOc1ccccc1C(=O)OCC(=O)NC(=O)N[C@@H]1CCCC[C@@H]1C. The monoisotopic (exact) mass is 362 g/mol. The second-order valence-corrected chi connectivity index (χ2v) is 6.40. The van der Waals surface area contributed by atoms with Crippen molar-refractivity contribution in [1.82, 2.24) is 10.6 Å². The fraction of sp³-hybridized carbons (Fsp3) is 0.526. The molecule has 1 aromatic rings. The van der Waals surface area contributed by atoms with Crippen LogP contribution in [0.1, 0.15) is 49.9 Å². The van der Waals surface area contributed by atoms with E-state index in [1.54, 1.807) is 31.2 Å². The second kappa shape index (κ2) is 9.79. The van der Waals surface area contributed by atoms with Crippen LogP contribution in [0.2, 0.25) is 0 Å². The van der Waals surface area contributed by atoms with Crippen molar-refractivity contribution in [3.8, 4) is 5.75 Å². The highest BCUT2D eigenvalue weighted by molar-refractivity contribution is 5.97. The predicted molar refractivity (Wildman–Crippen MR) is 96.0 cm³/mol. The Bertz CT molecular complexity index is 647. The van der Waals surface area contributed by atoms with Crippen LogP contribution < -0.4 is 15.4 Å². The molecule has 7 heteroatoms. The number of hydrogen-bond acceptors (Lipinski definition) is 5. The van der Waals surface area contributed by atoms with Gasteiger partial charge in [-0.1, -0.05) is 31.9 Å². The Kier molecular flexibility index (Phi) is 7.44. The van der Waals surface area contributed by atoms with E-state index in [1.807, 2.05) is 0 Å². The zero-order valence-electron chi connectivity index (χ0n) is 15.2. The average molecular weight is 362 g/mol. The van der Waals surface area contributed by atoms with Crippen LogP contribution in [0.4, 0.5) is 4.79 Å². The van der Waals surface area contributed by atoms with Gasteiger partial charge in [-0.15, -0.1) is 0 Å². The third-order valence-electron chi connectivity index (χ3n) is 4.42. The molecule has 26 heavy (non-hydrogen) atoms. The lowest BCUT2D eigenvalue weighted by molar-refractivity contribution is -0.123. The highest BCUT2D eigenvalue weighted by Crippen LogP contribution is 2.23. The first-order chi connectivity index (χ1) is 12.5. The van der Waals surface area contributed by atoms with Crippen molar-refractivity contribution < 1.29 is 23.9 Å². The van der Waals surface area contributed by atoms with Crippen LogP contribution in [0.25, 0.3) is 0 Å². The Balaban J connectivity index is 1.79. The van der Waals surface area contributed by atoms with Gasteiger partial charge in [-0.05, 0) is 37.8 Å². The lowest BCUT2D eigenvalue weighted by Crippen LogP contribution is -2.48. The maximum Gasteiger partial charge on any atom is 0.342 e. The predicted octanol–water partition coefficient (Wildman–Crippen LogP) is 2.65. The summed E-state index contributed by atoms with van der Waals surface area (Å²) in [5.74, 6) is -0.569. The molecular formula is C19H26N2O5. The Hall–Kier alpha value is -2.57. The molecule has 0 heterocycles. The first kappa shape index (κ1) is 19.8. The number of rotatable bonds is 6. The fourth-order valence-electron chi connectivity index (χ4n) is 3.02. The normalized spacial score (nSPS) is 19.3. The molecule has 1 aliphatic carbocycles. The molecule has 7 nitrogen and oxygen atoms in total. The summed E-state index contributed by atoms with van der Waals surface area (Å²) < 4.78 is 10.3. The number of nitrogens with one attached hydrogen (secondary N) is 2. The Morgan fingerprint density at radius 1 is 1.15 bits per heavy atom. The number of ether oxygens (including phenoxy) is 2. The molecule has 0 spiro atoms. The van der Waals surface area contributed by atoms with E-state index in [-0.39, 0.29) is 11.6 Å². The van der Waals surface area contributed by atoms with E-state index in [0.29, 0.717) is 18.3 Å². The van der Waals surface area contributed by atoms with Crippen LogP contribution in [0.15, 0.2) is 24.3 Å². The summed E-state index contributed by atoms with van der Waals surface area (Å²) in [5.41, 5.74) is 0.239. The molecule has 2 N–H and O–H groups in total. The molecule has 0 saturated heterocycles. The average Bonchev–Trinajstić information content (AvgIpc) is 2.62. The summed E-state index contributed by atoms with van der Waals surface area (Å²) >= 11 is 0. The molecule has 0 aliphatic heterocycles. The zero-order valence-corrected chi connectivity index (χ0v) is 15.2. The van der Waals surface area contributed by atoms with E-state index < -0.39 is 24.5 Å². The van der Waals surface area contributed by atoms with Gasteiger partial charge in [0.2, 0.25) is 0 Å². The van der Waals surface area contributed by atoms with E-state index >= 15 is 0 Å². The molecule has 142 valence electrons. The first-order valence-electron chi connectivity index (χ1n) is 9.00. The van der Waals surface area contributed by atoms with Crippen molar-refractivity contribution >= 4 is 17.9 Å². The topological polar surface area (TPSA) is 93.7 Å². The lowest BCUT2D eigenvalue weighted by atomic mass is 9.86. The largest absolute Gasteiger partial charge is 0.493 e. The van der Waals surface area contributed by atoms with Crippen LogP contribution >= 0.6 is 0 Å². The summed E-state index contributed by atoms with van der Waals surface area (Å²) in [6, 6.07) is 6.14. The molecule has 1 saturated carbocycles. The van der Waals surface area contributed by atoms with Crippen LogP contribution in [-0.2, 0) is 9.53 Å². The van der Waals surface area contributed by atoms with Gasteiger partial charge in [0.15, 0.2) is 6.61 Å². The minimum atomic E-state index is -0.675. The van der Waals surface area contributed by atoms with Gasteiger partial charge in [0, 0.05) is 6.04 Å².